The van der Waals surface area contributed by atoms with Crippen molar-refractivity contribution in [1.82, 2.24) is 4.90 Å². The van der Waals surface area contributed by atoms with Gasteiger partial charge in [0, 0.05) is 31.9 Å². The molecule has 1 aliphatic heterocycles. The molecule has 0 aliphatic carbocycles. The summed E-state index contributed by atoms with van der Waals surface area (Å²) in [4.78, 5) is 16.5. The van der Waals surface area contributed by atoms with Crippen molar-refractivity contribution >= 4 is 27.5 Å². The van der Waals surface area contributed by atoms with Crippen molar-refractivity contribution in [3.8, 4) is 5.75 Å². The Morgan fingerprint density at radius 2 is 1.71 bits per heavy atom. The number of halogens is 2. The first kappa shape index (κ1) is 20.6. The van der Waals surface area contributed by atoms with Gasteiger partial charge in [0.15, 0.2) is 6.61 Å². The van der Waals surface area contributed by atoms with Crippen molar-refractivity contribution < 1.29 is 13.9 Å². The van der Waals surface area contributed by atoms with Gasteiger partial charge in [0.1, 0.15) is 11.6 Å². The van der Waals surface area contributed by atoms with E-state index in [1.807, 2.05) is 23.1 Å². The molecule has 2 aromatic carbocycles. The lowest BCUT2D eigenvalue weighted by Crippen LogP contribution is -2.50. The zero-order valence-corrected chi connectivity index (χ0v) is 18.1. The molecule has 0 spiro atoms. The topological polar surface area (TPSA) is 32.8 Å². The van der Waals surface area contributed by atoms with Crippen LogP contribution in [0.4, 0.5) is 10.1 Å². The molecular weight excluding hydrogens is 423 g/mol. The van der Waals surface area contributed by atoms with Crippen LogP contribution in [-0.2, 0) is 10.2 Å². The molecule has 1 heterocycles. The van der Waals surface area contributed by atoms with E-state index < -0.39 is 0 Å². The summed E-state index contributed by atoms with van der Waals surface area (Å²) in [7, 11) is 0. The minimum absolute atomic E-state index is 0.0179. The monoisotopic (exact) mass is 448 g/mol. The second kappa shape index (κ2) is 8.52. The van der Waals surface area contributed by atoms with E-state index in [1.54, 1.807) is 12.1 Å². The maximum absolute atomic E-state index is 13.1. The maximum atomic E-state index is 13.1. The number of hydrogen-bond acceptors (Lipinski definition) is 3. The van der Waals surface area contributed by atoms with E-state index in [2.05, 4.69) is 41.6 Å². The van der Waals surface area contributed by atoms with E-state index in [1.165, 1.54) is 17.7 Å². The van der Waals surface area contributed by atoms with Gasteiger partial charge in [-0.2, -0.15) is 0 Å². The molecule has 1 fully saturated rings. The van der Waals surface area contributed by atoms with Gasteiger partial charge in [0.2, 0.25) is 0 Å². The quantitative estimate of drug-likeness (QED) is 0.684. The van der Waals surface area contributed by atoms with E-state index in [9.17, 15) is 9.18 Å². The number of ether oxygens (including phenoxy) is 1. The first-order chi connectivity index (χ1) is 13.2. The summed E-state index contributed by atoms with van der Waals surface area (Å²) < 4.78 is 19.7. The summed E-state index contributed by atoms with van der Waals surface area (Å²) in [5.41, 5.74) is 2.24. The molecule has 0 saturated carbocycles. The van der Waals surface area contributed by atoms with Gasteiger partial charge in [-0.3, -0.25) is 4.79 Å². The standard InChI is InChI=1S/C22H26BrFN2O2/c1-22(2,3)16-4-9-20(19(23)14-16)28-15-21(27)26-12-10-25(11-13-26)18-7-5-17(24)6-8-18/h4-9,14H,10-13,15H2,1-3H3. The summed E-state index contributed by atoms with van der Waals surface area (Å²) in [6.07, 6.45) is 0. The number of hydrogen-bond donors (Lipinski definition) is 0. The molecule has 2 aromatic rings. The van der Waals surface area contributed by atoms with Crippen LogP contribution in [0.3, 0.4) is 0 Å². The summed E-state index contributed by atoms with van der Waals surface area (Å²) in [5, 5.41) is 0. The van der Waals surface area contributed by atoms with Crippen LogP contribution in [0.25, 0.3) is 0 Å². The molecule has 0 atom stereocenters. The Labute approximate surface area is 174 Å². The molecule has 1 saturated heterocycles. The lowest BCUT2D eigenvalue weighted by atomic mass is 9.87. The van der Waals surface area contributed by atoms with Gasteiger partial charge in [-0.05, 0) is 63.3 Å². The highest BCUT2D eigenvalue weighted by atomic mass is 79.9. The van der Waals surface area contributed by atoms with Gasteiger partial charge < -0.3 is 14.5 Å². The fourth-order valence-electron chi connectivity index (χ4n) is 3.18. The van der Waals surface area contributed by atoms with Gasteiger partial charge in [0.05, 0.1) is 4.47 Å². The molecule has 0 unspecified atom stereocenters. The van der Waals surface area contributed by atoms with Crippen LogP contribution in [0.15, 0.2) is 46.9 Å². The highest BCUT2D eigenvalue weighted by Gasteiger charge is 2.22. The average molecular weight is 449 g/mol. The lowest BCUT2D eigenvalue weighted by Gasteiger charge is -2.36. The minimum Gasteiger partial charge on any atom is -0.483 e. The van der Waals surface area contributed by atoms with Crippen molar-refractivity contribution in [3.63, 3.8) is 0 Å². The van der Waals surface area contributed by atoms with Crippen molar-refractivity contribution in [3.05, 3.63) is 58.3 Å². The van der Waals surface area contributed by atoms with Crippen LogP contribution in [0.5, 0.6) is 5.75 Å². The van der Waals surface area contributed by atoms with Gasteiger partial charge in [-0.1, -0.05) is 26.8 Å². The maximum Gasteiger partial charge on any atom is 0.260 e. The second-order valence-corrected chi connectivity index (χ2v) is 8.88. The summed E-state index contributed by atoms with van der Waals surface area (Å²) in [6.45, 7) is 9.19. The molecular formula is C22H26BrFN2O2. The zero-order valence-electron chi connectivity index (χ0n) is 16.5. The fourth-order valence-corrected chi connectivity index (χ4v) is 3.67. The molecule has 0 N–H and O–H groups in total. The lowest BCUT2D eigenvalue weighted by molar-refractivity contribution is -0.133. The summed E-state index contributed by atoms with van der Waals surface area (Å²) in [5.74, 6) is 0.410. The molecule has 1 aliphatic rings. The van der Waals surface area contributed by atoms with Crippen LogP contribution in [0.1, 0.15) is 26.3 Å². The molecule has 28 heavy (non-hydrogen) atoms. The number of carbonyl (C=O) groups excluding carboxylic acids is 1. The number of anilines is 1. The average Bonchev–Trinajstić information content (AvgIpc) is 2.67. The van der Waals surface area contributed by atoms with E-state index in [4.69, 9.17) is 4.74 Å². The number of carbonyl (C=O) groups is 1. The molecule has 0 aromatic heterocycles. The van der Waals surface area contributed by atoms with Crippen LogP contribution < -0.4 is 9.64 Å². The van der Waals surface area contributed by atoms with E-state index in [0.29, 0.717) is 18.8 Å². The van der Waals surface area contributed by atoms with Crippen LogP contribution >= 0.6 is 15.9 Å². The van der Waals surface area contributed by atoms with Gasteiger partial charge in [0.25, 0.3) is 5.91 Å². The Hall–Kier alpha value is -2.08. The van der Waals surface area contributed by atoms with Crippen molar-refractivity contribution in [2.24, 2.45) is 0 Å². The van der Waals surface area contributed by atoms with E-state index in [0.717, 1.165) is 23.2 Å². The van der Waals surface area contributed by atoms with Gasteiger partial charge in [-0.15, -0.1) is 0 Å². The van der Waals surface area contributed by atoms with Crippen molar-refractivity contribution in [1.29, 1.82) is 0 Å². The molecule has 1 amide bonds. The highest BCUT2D eigenvalue weighted by molar-refractivity contribution is 9.10. The Morgan fingerprint density at radius 1 is 1.07 bits per heavy atom. The summed E-state index contributed by atoms with van der Waals surface area (Å²) in [6, 6.07) is 12.5. The van der Waals surface area contributed by atoms with E-state index in [-0.39, 0.29) is 23.7 Å². The normalized spacial score (nSPS) is 14.9. The number of piperazine rings is 1. The Morgan fingerprint density at radius 3 is 2.29 bits per heavy atom. The van der Waals surface area contributed by atoms with Gasteiger partial charge >= 0.3 is 0 Å². The third-order valence-corrected chi connectivity index (χ3v) is 5.59. The fraction of sp³-hybridized carbons (Fsp3) is 0.409. The van der Waals surface area contributed by atoms with Gasteiger partial charge in [-0.25, -0.2) is 4.39 Å². The molecule has 0 bridgehead atoms. The Bertz CT molecular complexity index is 825. The van der Waals surface area contributed by atoms with Crippen molar-refractivity contribution in [2.45, 2.75) is 26.2 Å². The number of benzene rings is 2. The smallest absolute Gasteiger partial charge is 0.260 e. The number of amides is 1. The molecule has 0 radical (unpaired) electrons. The first-order valence-corrected chi connectivity index (χ1v) is 10.2. The van der Waals surface area contributed by atoms with Crippen LogP contribution in [0.2, 0.25) is 0 Å². The second-order valence-electron chi connectivity index (χ2n) is 8.03. The number of nitrogens with zero attached hydrogens (tertiary/aromatic N) is 2. The minimum atomic E-state index is -0.239. The Balaban J connectivity index is 1.52. The molecule has 6 heteroatoms. The largest absolute Gasteiger partial charge is 0.483 e. The van der Waals surface area contributed by atoms with Crippen LogP contribution in [0, 0.1) is 5.82 Å². The number of rotatable bonds is 4. The molecule has 3 rings (SSSR count). The predicted molar refractivity (Wildman–Crippen MR) is 114 cm³/mol. The predicted octanol–water partition coefficient (Wildman–Crippen LogP) is 4.61. The van der Waals surface area contributed by atoms with E-state index >= 15 is 0 Å². The third-order valence-electron chi connectivity index (χ3n) is 4.97. The molecule has 150 valence electrons. The zero-order chi connectivity index (χ0) is 20.3. The van der Waals surface area contributed by atoms with Crippen molar-refractivity contribution in [2.75, 3.05) is 37.7 Å². The van der Waals surface area contributed by atoms with Crippen LogP contribution in [-0.4, -0.2) is 43.6 Å². The molecule has 4 nitrogen and oxygen atoms in total. The Kier molecular flexibility index (Phi) is 6.28. The highest BCUT2D eigenvalue weighted by Crippen LogP contribution is 2.31. The third kappa shape index (κ3) is 5.04. The summed E-state index contributed by atoms with van der Waals surface area (Å²) >= 11 is 3.54. The first-order valence-electron chi connectivity index (χ1n) is 9.45. The SMILES string of the molecule is CC(C)(C)c1ccc(OCC(=O)N2CCN(c3ccc(F)cc3)CC2)c(Br)c1.